The molecular weight excluding hydrogens is 288 g/mol. The number of benzene rings is 2. The summed E-state index contributed by atoms with van der Waals surface area (Å²) in [6.45, 7) is 1.99. The van der Waals surface area contributed by atoms with E-state index in [0.29, 0.717) is 0 Å². The van der Waals surface area contributed by atoms with Gasteiger partial charge in [0.05, 0.1) is 16.6 Å². The number of nitrogens with zero attached hydrogens (tertiary/aromatic N) is 1. The molecule has 0 atom stereocenters. The molecular formula is C19H14N2O2. The van der Waals surface area contributed by atoms with E-state index >= 15 is 0 Å². The summed E-state index contributed by atoms with van der Waals surface area (Å²) in [6, 6.07) is 17.3. The molecule has 0 aliphatic heterocycles. The second kappa shape index (κ2) is 4.95. The average Bonchev–Trinajstić information content (AvgIpc) is 2.91. The highest BCUT2D eigenvalue weighted by Gasteiger charge is 2.12. The third kappa shape index (κ3) is 2.16. The Labute approximate surface area is 132 Å². The normalized spacial score (nSPS) is 11.2. The highest BCUT2D eigenvalue weighted by molar-refractivity contribution is 6.07. The Morgan fingerprint density at radius 1 is 1.04 bits per heavy atom. The first-order chi connectivity index (χ1) is 11.1. The van der Waals surface area contributed by atoms with Crippen molar-refractivity contribution in [2.75, 3.05) is 0 Å². The number of aromatic carboxylic acids is 1. The molecule has 0 radical (unpaired) electrons. The molecule has 4 aromatic rings. The van der Waals surface area contributed by atoms with Gasteiger partial charge in [-0.05, 0) is 36.8 Å². The summed E-state index contributed by atoms with van der Waals surface area (Å²) >= 11 is 0. The lowest BCUT2D eigenvalue weighted by molar-refractivity contribution is 0.0697. The molecule has 2 heterocycles. The Morgan fingerprint density at radius 2 is 1.83 bits per heavy atom. The van der Waals surface area contributed by atoms with Crippen LogP contribution in [0.1, 0.15) is 16.1 Å². The van der Waals surface area contributed by atoms with Gasteiger partial charge in [-0.15, -0.1) is 0 Å². The second-order valence-corrected chi connectivity index (χ2v) is 5.57. The summed E-state index contributed by atoms with van der Waals surface area (Å²) in [6.07, 6.45) is 0. The van der Waals surface area contributed by atoms with Gasteiger partial charge in [0.25, 0.3) is 0 Å². The topological polar surface area (TPSA) is 66.0 Å². The van der Waals surface area contributed by atoms with Crippen LogP contribution in [0, 0.1) is 6.92 Å². The molecule has 0 fully saturated rings. The third-order valence-electron chi connectivity index (χ3n) is 4.09. The van der Waals surface area contributed by atoms with Crippen LogP contribution in [0.2, 0.25) is 0 Å². The molecule has 0 spiro atoms. The summed E-state index contributed by atoms with van der Waals surface area (Å²) in [5.41, 5.74) is 5.97. The van der Waals surface area contributed by atoms with E-state index in [2.05, 4.69) is 23.2 Å². The number of aryl methyl sites for hydroxylation is 1. The number of fused-ring (bicyclic) bond motifs is 3. The van der Waals surface area contributed by atoms with Gasteiger partial charge in [0.15, 0.2) is 0 Å². The Kier molecular flexibility index (Phi) is 2.91. The molecule has 2 aromatic heterocycles. The van der Waals surface area contributed by atoms with E-state index in [-0.39, 0.29) is 5.56 Å². The molecule has 0 amide bonds. The van der Waals surface area contributed by atoms with Crippen LogP contribution < -0.4 is 0 Å². The molecule has 4 heteroatoms. The molecule has 0 aliphatic carbocycles. The minimum absolute atomic E-state index is 0.268. The van der Waals surface area contributed by atoms with E-state index in [1.54, 1.807) is 12.1 Å². The number of aromatic nitrogens is 2. The molecule has 0 bridgehead atoms. The van der Waals surface area contributed by atoms with Crippen LogP contribution in [-0.2, 0) is 0 Å². The SMILES string of the molecule is Cc1nc2c(cc1-c1ccccc1)[nH]c1cc(C(=O)O)ccc12. The third-order valence-corrected chi connectivity index (χ3v) is 4.09. The molecule has 0 aliphatic rings. The van der Waals surface area contributed by atoms with Crippen molar-refractivity contribution in [2.24, 2.45) is 0 Å². The maximum atomic E-state index is 11.1. The Bertz CT molecular complexity index is 1050. The first-order valence-corrected chi connectivity index (χ1v) is 7.35. The Hall–Kier alpha value is -3.14. The fourth-order valence-corrected chi connectivity index (χ4v) is 2.95. The summed E-state index contributed by atoms with van der Waals surface area (Å²) in [7, 11) is 0. The monoisotopic (exact) mass is 302 g/mol. The van der Waals surface area contributed by atoms with Crippen molar-refractivity contribution in [1.29, 1.82) is 0 Å². The van der Waals surface area contributed by atoms with Crippen molar-refractivity contribution >= 4 is 27.9 Å². The number of rotatable bonds is 2. The van der Waals surface area contributed by atoms with E-state index in [1.165, 1.54) is 0 Å². The largest absolute Gasteiger partial charge is 0.478 e. The van der Waals surface area contributed by atoms with E-state index in [0.717, 1.165) is 38.8 Å². The fraction of sp³-hybridized carbons (Fsp3) is 0.0526. The summed E-state index contributed by atoms with van der Waals surface area (Å²) in [5, 5.41) is 10.1. The number of aromatic amines is 1. The molecule has 0 saturated heterocycles. The van der Waals surface area contributed by atoms with E-state index in [1.807, 2.05) is 31.2 Å². The Balaban J connectivity index is 1.99. The van der Waals surface area contributed by atoms with E-state index in [9.17, 15) is 4.79 Å². The Morgan fingerprint density at radius 3 is 2.57 bits per heavy atom. The van der Waals surface area contributed by atoms with Crippen LogP contribution in [0.3, 0.4) is 0 Å². The molecule has 4 rings (SSSR count). The van der Waals surface area contributed by atoms with Gasteiger partial charge >= 0.3 is 5.97 Å². The van der Waals surface area contributed by atoms with Crippen molar-refractivity contribution in [2.45, 2.75) is 6.92 Å². The number of hydrogen-bond donors (Lipinski definition) is 2. The standard InChI is InChI=1S/C19H14N2O2/c1-11-15(12-5-3-2-4-6-12)10-17-18(20-11)14-8-7-13(19(22)23)9-16(14)21-17/h2-10,21H,1H3,(H,22,23). The van der Waals surface area contributed by atoms with Gasteiger partial charge in [-0.25, -0.2) is 4.79 Å². The molecule has 0 saturated carbocycles. The lowest BCUT2D eigenvalue weighted by Crippen LogP contribution is -1.94. The maximum Gasteiger partial charge on any atom is 0.335 e. The van der Waals surface area contributed by atoms with Gasteiger partial charge in [0.1, 0.15) is 0 Å². The summed E-state index contributed by atoms with van der Waals surface area (Å²) < 4.78 is 0. The fourth-order valence-electron chi connectivity index (χ4n) is 2.95. The van der Waals surface area contributed by atoms with Gasteiger partial charge in [0, 0.05) is 22.2 Å². The number of pyridine rings is 1. The predicted molar refractivity (Wildman–Crippen MR) is 90.7 cm³/mol. The predicted octanol–water partition coefficient (Wildman–Crippen LogP) is 4.39. The first kappa shape index (κ1) is 13.5. The van der Waals surface area contributed by atoms with Crippen molar-refractivity contribution in [3.05, 3.63) is 65.9 Å². The van der Waals surface area contributed by atoms with Gasteiger partial charge in [-0.2, -0.15) is 0 Å². The van der Waals surface area contributed by atoms with Crippen molar-refractivity contribution in [1.82, 2.24) is 9.97 Å². The smallest absolute Gasteiger partial charge is 0.335 e. The molecule has 112 valence electrons. The zero-order valence-electron chi connectivity index (χ0n) is 12.5. The van der Waals surface area contributed by atoms with Crippen LogP contribution in [0.5, 0.6) is 0 Å². The average molecular weight is 302 g/mol. The first-order valence-electron chi connectivity index (χ1n) is 7.35. The molecule has 2 aromatic carbocycles. The zero-order chi connectivity index (χ0) is 16.0. The number of carboxylic acid groups (broad SMARTS) is 1. The van der Waals surface area contributed by atoms with Crippen LogP contribution >= 0.6 is 0 Å². The van der Waals surface area contributed by atoms with Gasteiger partial charge in [-0.1, -0.05) is 30.3 Å². The summed E-state index contributed by atoms with van der Waals surface area (Å²) in [4.78, 5) is 19.1. The van der Waals surface area contributed by atoms with Gasteiger partial charge < -0.3 is 10.1 Å². The summed E-state index contributed by atoms with van der Waals surface area (Å²) in [5.74, 6) is -0.931. The van der Waals surface area contributed by atoms with Crippen LogP contribution in [0.15, 0.2) is 54.6 Å². The van der Waals surface area contributed by atoms with Crippen LogP contribution in [0.4, 0.5) is 0 Å². The molecule has 2 N–H and O–H groups in total. The number of H-pyrrole nitrogens is 1. The minimum atomic E-state index is -0.931. The highest BCUT2D eigenvalue weighted by atomic mass is 16.4. The second-order valence-electron chi connectivity index (χ2n) is 5.57. The van der Waals surface area contributed by atoms with Gasteiger partial charge in [-0.3, -0.25) is 4.98 Å². The molecule has 4 nitrogen and oxygen atoms in total. The van der Waals surface area contributed by atoms with Crippen LogP contribution in [-0.4, -0.2) is 21.0 Å². The highest BCUT2D eigenvalue weighted by Crippen LogP contribution is 2.30. The maximum absolute atomic E-state index is 11.1. The van der Waals surface area contributed by atoms with E-state index in [4.69, 9.17) is 10.1 Å². The van der Waals surface area contributed by atoms with Crippen molar-refractivity contribution in [3.8, 4) is 11.1 Å². The number of hydrogen-bond acceptors (Lipinski definition) is 2. The van der Waals surface area contributed by atoms with Crippen LogP contribution in [0.25, 0.3) is 33.1 Å². The molecule has 0 unspecified atom stereocenters. The zero-order valence-corrected chi connectivity index (χ0v) is 12.5. The minimum Gasteiger partial charge on any atom is -0.478 e. The van der Waals surface area contributed by atoms with E-state index < -0.39 is 5.97 Å². The lowest BCUT2D eigenvalue weighted by atomic mass is 10.0. The van der Waals surface area contributed by atoms with Crippen molar-refractivity contribution < 1.29 is 9.90 Å². The molecule has 23 heavy (non-hydrogen) atoms. The quantitative estimate of drug-likeness (QED) is 0.577. The number of carboxylic acids is 1. The van der Waals surface area contributed by atoms with Crippen molar-refractivity contribution in [3.63, 3.8) is 0 Å². The number of nitrogens with one attached hydrogen (secondary N) is 1. The number of carbonyl (C=O) groups is 1. The lowest BCUT2D eigenvalue weighted by Gasteiger charge is -2.05. The van der Waals surface area contributed by atoms with Gasteiger partial charge in [0.2, 0.25) is 0 Å².